The number of anilines is 1. The molecule has 178 valence electrons. The highest BCUT2D eigenvalue weighted by Crippen LogP contribution is 2.40. The van der Waals surface area contributed by atoms with Gasteiger partial charge in [0.2, 0.25) is 5.51 Å². The van der Waals surface area contributed by atoms with Gasteiger partial charge in [0.15, 0.2) is 18.0 Å². The zero-order chi connectivity index (χ0) is 24.0. The minimum absolute atomic E-state index is 0.0141. The quantitative estimate of drug-likeness (QED) is 0.201. The number of hydrogen-bond donors (Lipinski definition) is 3. The summed E-state index contributed by atoms with van der Waals surface area (Å²) in [6.07, 6.45) is 4.28. The number of amides is 2. The SMILES string of the molecule is CO/N=C(\C(=O)N[C@@H]1C(=O)N2C(C(=O)O)=C(C[n+]3csc4c3CCC4)CS[C@H]12)c1coc(N)n1. The van der Waals surface area contributed by atoms with Crippen molar-refractivity contribution in [1.82, 2.24) is 15.2 Å². The second-order valence-electron chi connectivity index (χ2n) is 7.89. The van der Waals surface area contributed by atoms with Crippen molar-refractivity contribution < 1.29 is 33.3 Å². The third-order valence-electron chi connectivity index (χ3n) is 5.87. The molecule has 3 aliphatic rings. The zero-order valence-electron chi connectivity index (χ0n) is 18.0. The number of carbonyl (C=O) groups excluding carboxylic acids is 2. The smallest absolute Gasteiger partial charge is 0.352 e. The van der Waals surface area contributed by atoms with Crippen LogP contribution in [0.25, 0.3) is 0 Å². The zero-order valence-corrected chi connectivity index (χ0v) is 19.6. The van der Waals surface area contributed by atoms with Gasteiger partial charge >= 0.3 is 5.97 Å². The average Bonchev–Trinajstić information content (AvgIpc) is 3.54. The van der Waals surface area contributed by atoms with Crippen molar-refractivity contribution in [2.45, 2.75) is 37.2 Å². The van der Waals surface area contributed by atoms with E-state index in [-0.39, 0.29) is 23.1 Å². The summed E-state index contributed by atoms with van der Waals surface area (Å²) in [6, 6.07) is -1.07. The van der Waals surface area contributed by atoms with Gasteiger partial charge < -0.3 is 25.4 Å². The average molecular weight is 506 g/mol. The standard InChI is InChI=1S/C20H20N6O6S2/c1-31-24-13(10-6-32-20(21)22-10)16(27)23-14-17(28)26-15(19(29)30)9(7-33-18(14)26)5-25-8-34-12-4-2-3-11(12)25/h6,8,14,18H,2-5,7H2,1H3,(H3-,21,22,23,27,29,30)/p+1/b24-13-/t14-,18-/m1/s1. The van der Waals surface area contributed by atoms with Crippen molar-refractivity contribution in [3.63, 3.8) is 0 Å². The molecule has 0 spiro atoms. The predicted molar refractivity (Wildman–Crippen MR) is 121 cm³/mol. The fraction of sp³-hybridized carbons (Fsp3) is 0.400. The van der Waals surface area contributed by atoms with E-state index < -0.39 is 29.2 Å². The van der Waals surface area contributed by atoms with E-state index in [9.17, 15) is 19.5 Å². The van der Waals surface area contributed by atoms with Crippen LogP contribution in [0.2, 0.25) is 0 Å². The summed E-state index contributed by atoms with van der Waals surface area (Å²) in [5.41, 5.74) is 9.21. The maximum atomic E-state index is 13.0. The third kappa shape index (κ3) is 3.72. The molecule has 0 bridgehead atoms. The maximum Gasteiger partial charge on any atom is 0.352 e. The van der Waals surface area contributed by atoms with Gasteiger partial charge in [0.05, 0.1) is 4.88 Å². The molecule has 1 aliphatic carbocycles. The molecule has 5 rings (SSSR count). The Hall–Kier alpha value is -3.39. The van der Waals surface area contributed by atoms with E-state index in [0.29, 0.717) is 17.9 Å². The summed E-state index contributed by atoms with van der Waals surface area (Å²) in [7, 11) is 1.26. The van der Waals surface area contributed by atoms with E-state index in [4.69, 9.17) is 15.0 Å². The lowest BCUT2D eigenvalue weighted by molar-refractivity contribution is -0.691. The highest BCUT2D eigenvalue weighted by molar-refractivity contribution is 8.00. The number of carbonyl (C=O) groups is 3. The molecule has 0 aromatic carbocycles. The number of nitrogens with one attached hydrogen (secondary N) is 1. The summed E-state index contributed by atoms with van der Waals surface area (Å²) >= 11 is 3.09. The van der Waals surface area contributed by atoms with Crippen LogP contribution in [0.15, 0.2) is 32.6 Å². The number of carboxylic acids is 1. The Kier molecular flexibility index (Phi) is 5.77. The molecule has 2 aromatic rings. The van der Waals surface area contributed by atoms with Crippen molar-refractivity contribution >= 4 is 52.6 Å². The number of thioether (sulfide) groups is 1. The minimum Gasteiger partial charge on any atom is -0.477 e. The number of rotatable bonds is 7. The summed E-state index contributed by atoms with van der Waals surface area (Å²) in [5, 5.41) is 15.7. The Labute approximate surface area is 201 Å². The highest BCUT2D eigenvalue weighted by atomic mass is 32.2. The van der Waals surface area contributed by atoms with Crippen LogP contribution in [0, 0.1) is 0 Å². The van der Waals surface area contributed by atoms with Gasteiger partial charge in [-0.1, -0.05) is 16.5 Å². The number of β-lactam (4-membered cyclic amide) rings is 1. The molecule has 2 aromatic heterocycles. The Bertz CT molecular complexity index is 1250. The van der Waals surface area contributed by atoms with Crippen molar-refractivity contribution in [1.29, 1.82) is 0 Å². The number of nitrogen functional groups attached to an aromatic ring is 1. The molecular formula is C20H21N6O6S2+. The number of aliphatic carboxylic acids is 1. The predicted octanol–water partition coefficient (Wildman–Crippen LogP) is -0.116. The number of aromatic nitrogens is 2. The van der Waals surface area contributed by atoms with Crippen LogP contribution in [0.5, 0.6) is 0 Å². The fourth-order valence-electron chi connectivity index (χ4n) is 4.37. The third-order valence-corrected chi connectivity index (χ3v) is 8.29. The van der Waals surface area contributed by atoms with Crippen molar-refractivity contribution in [3.8, 4) is 0 Å². The van der Waals surface area contributed by atoms with E-state index in [0.717, 1.165) is 25.5 Å². The molecule has 4 heterocycles. The van der Waals surface area contributed by atoms with E-state index in [1.807, 2.05) is 5.51 Å². The minimum atomic E-state index is -1.16. The monoisotopic (exact) mass is 505 g/mol. The molecule has 0 unspecified atom stereocenters. The number of aryl methyl sites for hydroxylation is 1. The van der Waals surface area contributed by atoms with Gasteiger partial charge in [0, 0.05) is 17.7 Å². The number of thiazole rings is 1. The normalized spacial score (nSPS) is 21.7. The van der Waals surface area contributed by atoms with Crippen LogP contribution in [0.1, 0.15) is 22.7 Å². The number of oxime groups is 1. The molecule has 34 heavy (non-hydrogen) atoms. The molecule has 1 fully saturated rings. The molecule has 2 amide bonds. The maximum absolute atomic E-state index is 13.0. The van der Waals surface area contributed by atoms with Crippen LogP contribution < -0.4 is 15.6 Å². The first-order valence-corrected chi connectivity index (χ1v) is 12.3. The lowest BCUT2D eigenvalue weighted by Crippen LogP contribution is -2.71. The van der Waals surface area contributed by atoms with Gasteiger partial charge in [-0.25, -0.2) is 4.79 Å². The first kappa shape index (κ1) is 22.4. The second-order valence-corrected chi connectivity index (χ2v) is 9.93. The summed E-state index contributed by atoms with van der Waals surface area (Å²) in [6.45, 7) is 0.423. The van der Waals surface area contributed by atoms with E-state index >= 15 is 0 Å². The second kappa shape index (κ2) is 8.76. The molecule has 0 radical (unpaired) electrons. The molecule has 12 nitrogen and oxygen atoms in total. The fourth-order valence-corrected chi connectivity index (χ4v) is 6.78. The van der Waals surface area contributed by atoms with Crippen molar-refractivity contribution in [2.24, 2.45) is 5.16 Å². The van der Waals surface area contributed by atoms with Crippen molar-refractivity contribution in [2.75, 3.05) is 18.6 Å². The largest absolute Gasteiger partial charge is 0.477 e. The number of fused-ring (bicyclic) bond motifs is 2. The lowest BCUT2D eigenvalue weighted by atomic mass is 10.0. The number of carboxylic acid groups (broad SMARTS) is 1. The molecule has 0 saturated carbocycles. The van der Waals surface area contributed by atoms with Gasteiger partial charge in [0.1, 0.15) is 36.2 Å². The van der Waals surface area contributed by atoms with E-state index in [1.54, 1.807) is 11.3 Å². The highest BCUT2D eigenvalue weighted by Gasteiger charge is 2.55. The van der Waals surface area contributed by atoms with Crippen LogP contribution in [0.4, 0.5) is 6.01 Å². The lowest BCUT2D eigenvalue weighted by Gasteiger charge is -2.49. The molecule has 4 N–H and O–H groups in total. The van der Waals surface area contributed by atoms with Crippen LogP contribution in [-0.2, 0) is 38.6 Å². The Morgan fingerprint density at radius 2 is 2.29 bits per heavy atom. The Morgan fingerprint density at radius 1 is 1.47 bits per heavy atom. The Balaban J connectivity index is 1.35. The molecular weight excluding hydrogens is 484 g/mol. The number of hydrogen-bond acceptors (Lipinski definition) is 10. The summed E-state index contributed by atoms with van der Waals surface area (Å²) in [5.74, 6) is -1.95. The first-order valence-electron chi connectivity index (χ1n) is 10.4. The Morgan fingerprint density at radius 3 is 3.00 bits per heavy atom. The molecule has 2 atom stereocenters. The number of nitrogens with two attached hydrogens (primary N) is 1. The number of oxazole rings is 1. The van der Waals surface area contributed by atoms with Crippen LogP contribution >= 0.6 is 23.1 Å². The van der Waals surface area contributed by atoms with E-state index in [2.05, 4.69) is 20.0 Å². The molecule has 14 heteroatoms. The summed E-state index contributed by atoms with van der Waals surface area (Å²) < 4.78 is 7.01. The number of nitrogens with zero attached hydrogens (tertiary/aromatic N) is 4. The molecule has 2 aliphatic heterocycles. The van der Waals surface area contributed by atoms with E-state index in [1.165, 1.54) is 34.3 Å². The summed E-state index contributed by atoms with van der Waals surface area (Å²) in [4.78, 5) is 49.1. The van der Waals surface area contributed by atoms with Gasteiger partial charge in [-0.05, 0) is 12.8 Å². The van der Waals surface area contributed by atoms with Crippen LogP contribution in [0.3, 0.4) is 0 Å². The van der Waals surface area contributed by atoms with Crippen molar-refractivity contribution in [3.05, 3.63) is 39.3 Å². The van der Waals surface area contributed by atoms with Gasteiger partial charge in [-0.15, -0.1) is 11.8 Å². The van der Waals surface area contributed by atoms with Crippen LogP contribution in [-0.4, -0.2) is 62.8 Å². The topological polar surface area (TPSA) is 164 Å². The molecule has 1 saturated heterocycles. The van der Waals surface area contributed by atoms with Gasteiger partial charge in [0.25, 0.3) is 17.8 Å². The van der Waals surface area contributed by atoms with Gasteiger partial charge in [-0.2, -0.15) is 9.55 Å². The van der Waals surface area contributed by atoms with Gasteiger partial charge in [-0.3, -0.25) is 14.5 Å². The first-order chi connectivity index (χ1) is 16.4.